The number of esters is 1. The second kappa shape index (κ2) is 10.8. The Kier molecular flexibility index (Phi) is 7.28. The molecule has 0 spiro atoms. The Morgan fingerprint density at radius 3 is 2.66 bits per heavy atom. The van der Waals surface area contributed by atoms with Crippen LogP contribution in [-0.4, -0.2) is 51.6 Å². The van der Waals surface area contributed by atoms with Gasteiger partial charge >= 0.3 is 12.6 Å². The highest BCUT2D eigenvalue weighted by molar-refractivity contribution is 5.75. The summed E-state index contributed by atoms with van der Waals surface area (Å²) in [5.41, 5.74) is 3.10. The van der Waals surface area contributed by atoms with Gasteiger partial charge in [-0.15, -0.1) is 0 Å². The van der Waals surface area contributed by atoms with Crippen LogP contribution in [0.2, 0.25) is 0 Å². The van der Waals surface area contributed by atoms with Gasteiger partial charge in [0.1, 0.15) is 29.1 Å². The monoisotopic (exact) mass is 525 g/mol. The molecule has 38 heavy (non-hydrogen) atoms. The Bertz CT molecular complexity index is 1450. The quantitative estimate of drug-likeness (QED) is 0.357. The zero-order chi connectivity index (χ0) is 26.8. The topological polar surface area (TPSA) is 90.6 Å². The molecule has 0 aliphatic carbocycles. The molecule has 2 unspecified atom stereocenters. The van der Waals surface area contributed by atoms with Crippen LogP contribution in [0.25, 0.3) is 16.8 Å². The molecule has 198 valence electrons. The number of hydrogen-bond acceptors (Lipinski definition) is 7. The number of piperidine rings is 1. The van der Waals surface area contributed by atoms with E-state index in [9.17, 15) is 13.6 Å². The molecular formula is C27H26F3N5O3. The number of halogens is 3. The average Bonchev–Trinajstić information content (AvgIpc) is 3.22. The van der Waals surface area contributed by atoms with Crippen LogP contribution in [0.15, 0.2) is 48.9 Å². The molecule has 0 amide bonds. The predicted molar refractivity (Wildman–Crippen MR) is 133 cm³/mol. The molecule has 5 rings (SSSR count). The third-order valence-corrected chi connectivity index (χ3v) is 6.80. The van der Waals surface area contributed by atoms with Crippen molar-refractivity contribution in [3.8, 4) is 16.9 Å². The Hall–Kier alpha value is -3.99. The van der Waals surface area contributed by atoms with Gasteiger partial charge in [-0.1, -0.05) is 18.2 Å². The van der Waals surface area contributed by atoms with Gasteiger partial charge in [0.2, 0.25) is 0 Å². The molecule has 1 aliphatic rings. The second-order valence-corrected chi connectivity index (χ2v) is 9.16. The number of nitrogens with one attached hydrogen (secondary N) is 1. The van der Waals surface area contributed by atoms with Crippen molar-refractivity contribution in [2.45, 2.75) is 44.8 Å². The van der Waals surface area contributed by atoms with Gasteiger partial charge < -0.3 is 19.2 Å². The van der Waals surface area contributed by atoms with Gasteiger partial charge in [0.05, 0.1) is 12.8 Å². The molecule has 1 saturated heterocycles. The molecule has 1 fully saturated rings. The molecule has 1 aliphatic heterocycles. The zero-order valence-corrected chi connectivity index (χ0v) is 20.8. The van der Waals surface area contributed by atoms with E-state index in [0.717, 1.165) is 12.1 Å². The van der Waals surface area contributed by atoms with Gasteiger partial charge in [-0.2, -0.15) is 8.78 Å². The number of carbonyl (C=O) groups is 1. The van der Waals surface area contributed by atoms with E-state index in [2.05, 4.69) is 25.0 Å². The van der Waals surface area contributed by atoms with Gasteiger partial charge in [0.25, 0.3) is 0 Å². The summed E-state index contributed by atoms with van der Waals surface area (Å²) in [6, 6.07) is 7.56. The van der Waals surface area contributed by atoms with Crippen LogP contribution >= 0.6 is 0 Å². The SMILES string of the molecule is COC(=O)C1CCC(c2ncc(-c3cn4c(Cc5ccccc5OC(F)F)c(C)nc4cc3F)cn2)CN1. The van der Waals surface area contributed by atoms with Gasteiger partial charge in [0, 0.05) is 65.9 Å². The lowest BCUT2D eigenvalue weighted by molar-refractivity contribution is -0.143. The number of aryl methyl sites for hydroxylation is 1. The van der Waals surface area contributed by atoms with E-state index in [4.69, 9.17) is 4.74 Å². The fourth-order valence-corrected chi connectivity index (χ4v) is 4.81. The van der Waals surface area contributed by atoms with E-state index in [0.29, 0.717) is 41.3 Å². The maximum Gasteiger partial charge on any atom is 0.387 e. The van der Waals surface area contributed by atoms with E-state index >= 15 is 4.39 Å². The number of alkyl halides is 2. The third-order valence-electron chi connectivity index (χ3n) is 6.80. The molecule has 2 atom stereocenters. The highest BCUT2D eigenvalue weighted by Gasteiger charge is 2.28. The highest BCUT2D eigenvalue weighted by atomic mass is 19.3. The summed E-state index contributed by atoms with van der Waals surface area (Å²) in [4.78, 5) is 25.1. The number of methoxy groups -OCH3 is 1. The molecule has 0 radical (unpaired) electrons. The van der Waals surface area contributed by atoms with Crippen LogP contribution in [0.3, 0.4) is 0 Å². The molecule has 4 aromatic rings. The molecule has 4 heterocycles. The van der Waals surface area contributed by atoms with Crippen molar-refractivity contribution in [3.05, 3.63) is 77.5 Å². The first-order chi connectivity index (χ1) is 18.3. The molecule has 0 saturated carbocycles. The van der Waals surface area contributed by atoms with Crippen molar-refractivity contribution >= 4 is 11.6 Å². The number of hydrogen-bond donors (Lipinski definition) is 1. The lowest BCUT2D eigenvalue weighted by atomic mass is 9.94. The van der Waals surface area contributed by atoms with E-state index in [1.54, 1.807) is 48.1 Å². The number of pyridine rings is 1. The largest absolute Gasteiger partial charge is 0.468 e. The number of nitrogens with zero attached hydrogens (tertiary/aromatic N) is 4. The van der Waals surface area contributed by atoms with Crippen LogP contribution in [0.4, 0.5) is 13.2 Å². The Labute approximate surface area is 216 Å². The predicted octanol–water partition coefficient (Wildman–Crippen LogP) is 4.44. The average molecular weight is 526 g/mol. The van der Waals surface area contributed by atoms with Crippen molar-refractivity contribution < 1.29 is 27.4 Å². The first-order valence-corrected chi connectivity index (χ1v) is 12.2. The van der Waals surface area contributed by atoms with Crippen molar-refractivity contribution in [3.63, 3.8) is 0 Å². The molecule has 1 aromatic carbocycles. The Morgan fingerprint density at radius 2 is 1.97 bits per heavy atom. The molecule has 1 N–H and O–H groups in total. The van der Waals surface area contributed by atoms with E-state index in [-0.39, 0.29) is 35.7 Å². The minimum atomic E-state index is -2.94. The third kappa shape index (κ3) is 5.19. The van der Waals surface area contributed by atoms with E-state index < -0.39 is 12.4 Å². The van der Waals surface area contributed by atoms with Crippen LogP contribution in [0.1, 0.15) is 41.5 Å². The number of benzene rings is 1. The molecule has 8 nitrogen and oxygen atoms in total. The van der Waals surface area contributed by atoms with E-state index in [1.165, 1.54) is 19.2 Å². The summed E-state index contributed by atoms with van der Waals surface area (Å²) < 4.78 is 52.1. The molecule has 3 aromatic heterocycles. The number of carbonyl (C=O) groups excluding carboxylic acids is 1. The number of rotatable bonds is 7. The summed E-state index contributed by atoms with van der Waals surface area (Å²) in [6.45, 7) is -0.618. The highest BCUT2D eigenvalue weighted by Crippen LogP contribution is 2.29. The smallest absolute Gasteiger partial charge is 0.387 e. The maximum absolute atomic E-state index is 15.1. The summed E-state index contributed by atoms with van der Waals surface area (Å²) in [6.07, 6.45) is 6.38. The normalized spacial score (nSPS) is 17.6. The zero-order valence-electron chi connectivity index (χ0n) is 20.8. The van der Waals surface area contributed by atoms with Gasteiger partial charge in [0.15, 0.2) is 0 Å². The number of ether oxygens (including phenoxy) is 2. The van der Waals surface area contributed by atoms with Gasteiger partial charge in [-0.05, 0) is 25.8 Å². The molecule has 11 heteroatoms. The first-order valence-electron chi connectivity index (χ1n) is 12.2. The van der Waals surface area contributed by atoms with Crippen LogP contribution in [-0.2, 0) is 16.0 Å². The van der Waals surface area contributed by atoms with Crippen molar-refractivity contribution in [2.75, 3.05) is 13.7 Å². The first kappa shape index (κ1) is 25.7. The fourth-order valence-electron chi connectivity index (χ4n) is 4.81. The number of fused-ring (bicyclic) bond motifs is 1. The molecule has 0 bridgehead atoms. The minimum Gasteiger partial charge on any atom is -0.468 e. The summed E-state index contributed by atoms with van der Waals surface area (Å²) >= 11 is 0. The minimum absolute atomic E-state index is 0.0238. The fraction of sp³-hybridized carbons (Fsp3) is 0.333. The lowest BCUT2D eigenvalue weighted by Gasteiger charge is -2.27. The van der Waals surface area contributed by atoms with Crippen LogP contribution in [0, 0.1) is 12.7 Å². The van der Waals surface area contributed by atoms with Crippen LogP contribution in [0.5, 0.6) is 5.75 Å². The molecular weight excluding hydrogens is 499 g/mol. The van der Waals surface area contributed by atoms with Crippen LogP contribution < -0.4 is 10.1 Å². The standard InChI is InChI=1S/C27H26F3N5O3/c1-15-22(9-16-5-3-4-6-23(16)38-27(29)30)35-14-19(20(28)10-24(35)34-15)18-12-32-25(33-13-18)17-7-8-21(31-11-17)26(36)37-2/h3-6,10,12-14,17,21,27,31H,7-9,11H2,1-2H3. The van der Waals surface area contributed by atoms with Gasteiger partial charge in [-0.25, -0.2) is 19.3 Å². The summed E-state index contributed by atoms with van der Waals surface area (Å²) in [7, 11) is 1.36. The van der Waals surface area contributed by atoms with Crippen molar-refractivity contribution in [2.24, 2.45) is 0 Å². The maximum atomic E-state index is 15.1. The number of imidazole rings is 1. The van der Waals surface area contributed by atoms with Crippen molar-refractivity contribution in [1.82, 2.24) is 24.7 Å². The number of para-hydroxylation sites is 1. The number of aromatic nitrogens is 4. The van der Waals surface area contributed by atoms with E-state index in [1.807, 2.05) is 0 Å². The second-order valence-electron chi connectivity index (χ2n) is 9.16. The summed E-state index contributed by atoms with van der Waals surface area (Å²) in [5.74, 6) is -0.0494. The Balaban J connectivity index is 1.41. The van der Waals surface area contributed by atoms with Gasteiger partial charge in [-0.3, -0.25) is 4.79 Å². The Morgan fingerprint density at radius 1 is 1.21 bits per heavy atom. The summed E-state index contributed by atoms with van der Waals surface area (Å²) in [5, 5.41) is 3.16. The lowest BCUT2D eigenvalue weighted by Crippen LogP contribution is -2.44. The van der Waals surface area contributed by atoms with Crippen molar-refractivity contribution in [1.29, 1.82) is 0 Å².